The molecule has 2 rings (SSSR count). The first kappa shape index (κ1) is 28.8. The number of allylic oxidation sites excluding steroid dienone is 1. The summed E-state index contributed by atoms with van der Waals surface area (Å²) >= 11 is 0. The third-order valence-corrected chi connectivity index (χ3v) is 5.16. The lowest BCUT2D eigenvalue weighted by Crippen LogP contribution is -2.18. The Morgan fingerprint density at radius 2 is 1.46 bits per heavy atom. The maximum Gasteiger partial charge on any atom is 0.116 e. The molecule has 2 unspecified atom stereocenters. The van der Waals surface area contributed by atoms with Crippen molar-refractivity contribution in [1.82, 2.24) is 0 Å². The number of hydrogen-bond acceptors (Lipinski definition) is 1. The molecule has 1 saturated carbocycles. The van der Waals surface area contributed by atoms with E-state index in [1.54, 1.807) is 6.08 Å². The van der Waals surface area contributed by atoms with E-state index in [-0.39, 0.29) is 0 Å². The molecule has 0 amide bonds. The predicted octanol–water partition coefficient (Wildman–Crippen LogP) is 8.82. The van der Waals surface area contributed by atoms with Gasteiger partial charge in [0.25, 0.3) is 0 Å². The normalized spacial score (nSPS) is 17.5. The topological polar surface area (TPSA) is 17.1 Å². The van der Waals surface area contributed by atoms with Crippen LogP contribution in [0, 0.1) is 11.8 Å². The number of carbonyl (C=O) groups excluding carboxylic acids is 1. The van der Waals surface area contributed by atoms with Gasteiger partial charge in [-0.05, 0) is 44.1 Å². The first-order valence-corrected chi connectivity index (χ1v) is 11.7. The van der Waals surface area contributed by atoms with Crippen molar-refractivity contribution in [2.45, 2.75) is 105 Å². The van der Waals surface area contributed by atoms with Gasteiger partial charge in [-0.2, -0.15) is 0 Å². The van der Waals surface area contributed by atoms with Gasteiger partial charge < -0.3 is 4.79 Å². The average Bonchev–Trinajstić information content (AvgIpc) is 2.71. The second kappa shape index (κ2) is 23.7. The molecule has 0 aliphatic heterocycles. The van der Waals surface area contributed by atoms with Crippen molar-refractivity contribution in [2.75, 3.05) is 0 Å². The fourth-order valence-electron chi connectivity index (χ4n) is 3.80. The van der Waals surface area contributed by atoms with Crippen LogP contribution in [-0.4, -0.2) is 6.29 Å². The van der Waals surface area contributed by atoms with Crippen LogP contribution in [0.5, 0.6) is 0 Å². The Hall–Kier alpha value is -1.37. The predicted molar refractivity (Wildman–Crippen MR) is 128 cm³/mol. The van der Waals surface area contributed by atoms with E-state index in [1.165, 1.54) is 83.1 Å². The van der Waals surface area contributed by atoms with Gasteiger partial charge in [-0.15, -0.1) is 6.58 Å². The molecule has 1 aliphatic rings. The standard InChI is InChI=1S/C11H22.C11H16.C3H6.C2H4O/c1-3-7-11-9-6-5-8-10(11)4-2;1-2-3-5-8-11-9-6-4-7-10-11;1-3-2;1-2-3/h10-11H,3-9H2,1-2H3;4,6-7,9-10H,2-3,5,8H2,1H3;3H,1H2,2H3;2H,1H3. The zero-order chi connectivity index (χ0) is 21.5. The summed E-state index contributed by atoms with van der Waals surface area (Å²) < 4.78 is 0. The number of rotatable bonds is 7. The zero-order valence-electron chi connectivity index (χ0n) is 19.6. The lowest BCUT2D eigenvalue weighted by atomic mass is 9.76. The van der Waals surface area contributed by atoms with E-state index in [9.17, 15) is 0 Å². The Kier molecular flexibility index (Phi) is 24.4. The minimum Gasteiger partial charge on any atom is -0.304 e. The van der Waals surface area contributed by atoms with Gasteiger partial charge in [-0.25, -0.2) is 0 Å². The van der Waals surface area contributed by atoms with Crippen molar-refractivity contribution in [3.8, 4) is 0 Å². The van der Waals surface area contributed by atoms with E-state index in [0.29, 0.717) is 0 Å². The van der Waals surface area contributed by atoms with E-state index in [0.717, 1.165) is 18.1 Å². The van der Waals surface area contributed by atoms with E-state index < -0.39 is 0 Å². The Labute approximate surface area is 177 Å². The summed E-state index contributed by atoms with van der Waals surface area (Å²) in [5, 5.41) is 0. The van der Waals surface area contributed by atoms with E-state index >= 15 is 0 Å². The molecule has 0 bridgehead atoms. The fourth-order valence-corrected chi connectivity index (χ4v) is 3.80. The van der Waals surface area contributed by atoms with Crippen LogP contribution in [0.2, 0.25) is 0 Å². The highest BCUT2D eigenvalue weighted by atomic mass is 16.1. The lowest BCUT2D eigenvalue weighted by Gasteiger charge is -2.30. The summed E-state index contributed by atoms with van der Waals surface area (Å²) in [7, 11) is 0. The molecule has 0 spiro atoms. The Bertz CT molecular complexity index is 415. The molecule has 0 saturated heterocycles. The molecule has 2 atom stereocenters. The summed E-state index contributed by atoms with van der Waals surface area (Å²) in [5.74, 6) is 2.16. The largest absolute Gasteiger partial charge is 0.304 e. The first-order valence-electron chi connectivity index (χ1n) is 11.7. The van der Waals surface area contributed by atoms with Crippen LogP contribution in [0.4, 0.5) is 0 Å². The summed E-state index contributed by atoms with van der Waals surface area (Å²) in [5.41, 5.74) is 1.47. The Balaban J connectivity index is 0. The molecule has 0 aromatic heterocycles. The van der Waals surface area contributed by atoms with Crippen molar-refractivity contribution in [3.05, 3.63) is 48.6 Å². The second-order valence-electron chi connectivity index (χ2n) is 7.59. The first-order chi connectivity index (χ1) is 13.6. The zero-order valence-corrected chi connectivity index (χ0v) is 19.6. The SMILES string of the molecule is C=CC.CC=O.CCCC1CCCCC1CC.CCCCCc1ccccc1. The van der Waals surface area contributed by atoms with Gasteiger partial charge in [0.2, 0.25) is 0 Å². The monoisotopic (exact) mass is 388 g/mol. The van der Waals surface area contributed by atoms with Crippen molar-refractivity contribution in [2.24, 2.45) is 11.8 Å². The number of carbonyl (C=O) groups is 1. The second-order valence-corrected chi connectivity index (χ2v) is 7.59. The molecule has 28 heavy (non-hydrogen) atoms. The van der Waals surface area contributed by atoms with Crippen LogP contribution in [0.1, 0.15) is 104 Å². The maximum atomic E-state index is 8.81. The smallest absolute Gasteiger partial charge is 0.116 e. The van der Waals surface area contributed by atoms with Gasteiger partial charge in [0, 0.05) is 0 Å². The van der Waals surface area contributed by atoms with Gasteiger partial charge in [-0.3, -0.25) is 0 Å². The molecular weight excluding hydrogens is 340 g/mol. The molecule has 1 aliphatic carbocycles. The number of hydrogen-bond donors (Lipinski definition) is 0. The summed E-state index contributed by atoms with van der Waals surface area (Å²) in [6, 6.07) is 10.7. The van der Waals surface area contributed by atoms with Crippen molar-refractivity contribution < 1.29 is 4.79 Å². The van der Waals surface area contributed by atoms with Crippen LogP contribution in [-0.2, 0) is 11.2 Å². The molecule has 0 radical (unpaired) electrons. The molecule has 1 fully saturated rings. The molecule has 1 aromatic carbocycles. The van der Waals surface area contributed by atoms with E-state index in [1.807, 2.05) is 6.92 Å². The molecule has 0 N–H and O–H groups in total. The average molecular weight is 389 g/mol. The molecule has 1 aromatic rings. The minimum absolute atomic E-state index is 0.750. The van der Waals surface area contributed by atoms with Gasteiger partial charge >= 0.3 is 0 Å². The van der Waals surface area contributed by atoms with Gasteiger partial charge in [0.05, 0.1) is 0 Å². The molecule has 1 nitrogen and oxygen atoms in total. The highest BCUT2D eigenvalue weighted by molar-refractivity contribution is 5.44. The third kappa shape index (κ3) is 18.0. The minimum atomic E-state index is 0.750. The van der Waals surface area contributed by atoms with Crippen molar-refractivity contribution in [3.63, 3.8) is 0 Å². The summed E-state index contributed by atoms with van der Waals surface area (Å²) in [4.78, 5) is 8.81. The number of aldehydes is 1. The van der Waals surface area contributed by atoms with Crippen LogP contribution in [0.25, 0.3) is 0 Å². The molecular formula is C27H48O. The number of aryl methyl sites for hydroxylation is 1. The van der Waals surface area contributed by atoms with Gasteiger partial charge in [0.15, 0.2) is 0 Å². The van der Waals surface area contributed by atoms with Gasteiger partial charge in [-0.1, -0.05) is 115 Å². The van der Waals surface area contributed by atoms with Crippen LogP contribution in [0.3, 0.4) is 0 Å². The number of benzene rings is 1. The highest BCUT2D eigenvalue weighted by Crippen LogP contribution is 2.34. The quantitative estimate of drug-likeness (QED) is 0.259. The Morgan fingerprint density at radius 3 is 1.93 bits per heavy atom. The maximum absolute atomic E-state index is 8.81. The fraction of sp³-hybridized carbons (Fsp3) is 0.667. The lowest BCUT2D eigenvalue weighted by molar-refractivity contribution is -0.106. The Morgan fingerprint density at radius 1 is 0.929 bits per heavy atom. The summed E-state index contributed by atoms with van der Waals surface area (Å²) in [6.07, 6.45) is 18.1. The van der Waals surface area contributed by atoms with Gasteiger partial charge in [0.1, 0.15) is 6.29 Å². The van der Waals surface area contributed by atoms with Crippen molar-refractivity contribution in [1.29, 1.82) is 0 Å². The number of unbranched alkanes of at least 4 members (excludes halogenated alkanes) is 2. The molecule has 162 valence electrons. The van der Waals surface area contributed by atoms with Crippen LogP contribution >= 0.6 is 0 Å². The van der Waals surface area contributed by atoms with E-state index in [2.05, 4.69) is 57.7 Å². The molecule has 0 heterocycles. The van der Waals surface area contributed by atoms with Crippen molar-refractivity contribution >= 4 is 6.29 Å². The highest BCUT2D eigenvalue weighted by Gasteiger charge is 2.22. The van der Waals surface area contributed by atoms with Crippen LogP contribution in [0.15, 0.2) is 43.0 Å². The van der Waals surface area contributed by atoms with Crippen LogP contribution < -0.4 is 0 Å². The third-order valence-electron chi connectivity index (χ3n) is 5.16. The van der Waals surface area contributed by atoms with E-state index in [4.69, 9.17) is 4.79 Å². The molecule has 1 heteroatoms. The summed E-state index contributed by atoms with van der Waals surface area (Å²) in [6.45, 7) is 13.6.